The molecule has 0 amide bonds. The summed E-state index contributed by atoms with van der Waals surface area (Å²) in [4.78, 5) is 8.02. The summed E-state index contributed by atoms with van der Waals surface area (Å²) in [5.41, 5.74) is 0.987. The molecule has 0 saturated carbocycles. The first kappa shape index (κ1) is 8.81. The minimum atomic E-state index is 0.454. The number of rotatable bonds is 3. The Balaban J connectivity index is 2.52. The van der Waals surface area contributed by atoms with Crippen molar-refractivity contribution in [2.75, 3.05) is 5.75 Å². The third-order valence-electron chi connectivity index (χ3n) is 1.13. The van der Waals surface area contributed by atoms with Gasteiger partial charge in [-0.1, -0.05) is 18.5 Å². The number of halogens is 1. The zero-order chi connectivity index (χ0) is 8.10. The Morgan fingerprint density at radius 2 is 2.27 bits per heavy atom. The van der Waals surface area contributed by atoms with E-state index >= 15 is 0 Å². The smallest absolute Gasteiger partial charge is 0.147 e. The first-order valence-corrected chi connectivity index (χ1v) is 4.90. The van der Waals surface area contributed by atoms with E-state index in [1.54, 1.807) is 12.4 Å². The van der Waals surface area contributed by atoms with Gasteiger partial charge in [-0.25, -0.2) is 4.98 Å². The van der Waals surface area contributed by atoms with Crippen LogP contribution in [0.3, 0.4) is 0 Å². The summed E-state index contributed by atoms with van der Waals surface area (Å²) < 4.78 is 0. The Hall–Kier alpha value is -0.280. The van der Waals surface area contributed by atoms with Gasteiger partial charge in [-0.15, -0.1) is 0 Å². The maximum absolute atomic E-state index is 5.57. The highest BCUT2D eigenvalue weighted by molar-refractivity contribution is 7.98. The van der Waals surface area contributed by atoms with Crippen molar-refractivity contribution >= 4 is 23.4 Å². The van der Waals surface area contributed by atoms with Crippen LogP contribution >= 0.6 is 23.4 Å². The van der Waals surface area contributed by atoms with Crippen LogP contribution in [0.1, 0.15) is 12.6 Å². The lowest BCUT2D eigenvalue weighted by Gasteiger charge is -1.96. The van der Waals surface area contributed by atoms with Crippen LogP contribution in [0, 0.1) is 0 Å². The summed E-state index contributed by atoms with van der Waals surface area (Å²) in [7, 11) is 0. The number of aromatic nitrogens is 2. The molecule has 1 heterocycles. The van der Waals surface area contributed by atoms with Gasteiger partial charge in [0.15, 0.2) is 0 Å². The second-order valence-electron chi connectivity index (χ2n) is 1.97. The Labute approximate surface area is 75.4 Å². The second-order valence-corrected chi connectivity index (χ2v) is 3.63. The zero-order valence-electron chi connectivity index (χ0n) is 6.25. The molecule has 0 bridgehead atoms. The Morgan fingerprint density at radius 1 is 1.45 bits per heavy atom. The predicted molar refractivity (Wildman–Crippen MR) is 48.9 cm³/mol. The number of thioether (sulfide) groups is 1. The van der Waals surface area contributed by atoms with Crippen LogP contribution in [-0.2, 0) is 5.75 Å². The molecule has 0 aliphatic rings. The van der Waals surface area contributed by atoms with E-state index in [0.717, 1.165) is 17.2 Å². The monoisotopic (exact) mass is 188 g/mol. The van der Waals surface area contributed by atoms with Crippen LogP contribution < -0.4 is 0 Å². The SMILES string of the molecule is CCSCc1cnc(Cl)cn1. The molecule has 0 aliphatic heterocycles. The zero-order valence-corrected chi connectivity index (χ0v) is 7.82. The van der Waals surface area contributed by atoms with E-state index in [1.165, 1.54) is 0 Å². The molecule has 60 valence electrons. The summed E-state index contributed by atoms with van der Waals surface area (Å²) >= 11 is 7.39. The average Bonchev–Trinajstić information content (AvgIpc) is 2.04. The molecule has 2 nitrogen and oxygen atoms in total. The summed E-state index contributed by atoms with van der Waals surface area (Å²) in [5, 5.41) is 0.454. The Morgan fingerprint density at radius 3 is 2.82 bits per heavy atom. The lowest BCUT2D eigenvalue weighted by atomic mass is 10.5. The molecule has 0 N–H and O–H groups in total. The van der Waals surface area contributed by atoms with E-state index in [-0.39, 0.29) is 0 Å². The highest BCUT2D eigenvalue weighted by atomic mass is 35.5. The summed E-state index contributed by atoms with van der Waals surface area (Å²) in [6.45, 7) is 2.12. The van der Waals surface area contributed by atoms with Crippen molar-refractivity contribution in [2.45, 2.75) is 12.7 Å². The van der Waals surface area contributed by atoms with Gasteiger partial charge in [0, 0.05) is 5.75 Å². The van der Waals surface area contributed by atoms with Crippen molar-refractivity contribution in [1.29, 1.82) is 0 Å². The third kappa shape index (κ3) is 3.08. The molecule has 1 aromatic rings. The van der Waals surface area contributed by atoms with Gasteiger partial charge in [0.25, 0.3) is 0 Å². The molecule has 0 unspecified atom stereocenters. The largest absolute Gasteiger partial charge is 0.256 e. The minimum absolute atomic E-state index is 0.454. The average molecular weight is 189 g/mol. The van der Waals surface area contributed by atoms with Crippen LogP contribution in [0.2, 0.25) is 5.15 Å². The predicted octanol–water partition coefficient (Wildman–Crippen LogP) is 2.38. The molecule has 1 aromatic heterocycles. The highest BCUT2D eigenvalue weighted by Gasteiger charge is 1.93. The molecular weight excluding hydrogens is 180 g/mol. The fraction of sp³-hybridized carbons (Fsp3) is 0.429. The fourth-order valence-corrected chi connectivity index (χ4v) is 1.28. The topological polar surface area (TPSA) is 25.8 Å². The van der Waals surface area contributed by atoms with E-state index in [1.807, 2.05) is 11.8 Å². The van der Waals surface area contributed by atoms with E-state index in [0.29, 0.717) is 5.15 Å². The van der Waals surface area contributed by atoms with Crippen molar-refractivity contribution in [2.24, 2.45) is 0 Å². The van der Waals surface area contributed by atoms with Gasteiger partial charge in [0.1, 0.15) is 5.15 Å². The van der Waals surface area contributed by atoms with Gasteiger partial charge in [0.2, 0.25) is 0 Å². The van der Waals surface area contributed by atoms with Crippen molar-refractivity contribution in [1.82, 2.24) is 9.97 Å². The molecule has 0 spiro atoms. The van der Waals surface area contributed by atoms with E-state index in [2.05, 4.69) is 16.9 Å². The molecule has 0 atom stereocenters. The standard InChI is InChI=1S/C7H9ClN2S/c1-2-11-5-6-3-10-7(8)4-9-6/h3-4H,2,5H2,1H3. The molecule has 0 aromatic carbocycles. The van der Waals surface area contributed by atoms with Gasteiger partial charge in [0.05, 0.1) is 18.1 Å². The lowest BCUT2D eigenvalue weighted by molar-refractivity contribution is 1.10. The van der Waals surface area contributed by atoms with Crippen molar-refractivity contribution in [3.8, 4) is 0 Å². The molecule has 0 saturated heterocycles. The second kappa shape index (κ2) is 4.57. The van der Waals surface area contributed by atoms with Crippen LogP contribution in [0.4, 0.5) is 0 Å². The number of hydrogen-bond donors (Lipinski definition) is 0. The molecule has 0 aliphatic carbocycles. The summed E-state index contributed by atoms with van der Waals surface area (Å²) in [6.07, 6.45) is 3.29. The van der Waals surface area contributed by atoms with Crippen LogP contribution in [0.15, 0.2) is 12.4 Å². The minimum Gasteiger partial charge on any atom is -0.256 e. The van der Waals surface area contributed by atoms with E-state index in [4.69, 9.17) is 11.6 Å². The number of nitrogens with zero attached hydrogens (tertiary/aromatic N) is 2. The van der Waals surface area contributed by atoms with Crippen LogP contribution in [0.25, 0.3) is 0 Å². The van der Waals surface area contributed by atoms with E-state index < -0.39 is 0 Å². The Kier molecular flexibility index (Phi) is 3.66. The van der Waals surface area contributed by atoms with Gasteiger partial charge in [-0.05, 0) is 5.75 Å². The molecule has 0 fully saturated rings. The third-order valence-corrected chi connectivity index (χ3v) is 2.23. The first-order valence-electron chi connectivity index (χ1n) is 3.37. The molecule has 1 rings (SSSR count). The molecule has 11 heavy (non-hydrogen) atoms. The van der Waals surface area contributed by atoms with Crippen LogP contribution in [0.5, 0.6) is 0 Å². The van der Waals surface area contributed by atoms with Crippen molar-refractivity contribution in [3.05, 3.63) is 23.2 Å². The molecule has 0 radical (unpaired) electrons. The van der Waals surface area contributed by atoms with Gasteiger partial charge in [-0.3, -0.25) is 4.98 Å². The first-order chi connectivity index (χ1) is 5.33. The number of hydrogen-bond acceptors (Lipinski definition) is 3. The lowest BCUT2D eigenvalue weighted by Crippen LogP contribution is -1.88. The van der Waals surface area contributed by atoms with Gasteiger partial charge >= 0.3 is 0 Å². The van der Waals surface area contributed by atoms with Gasteiger partial charge in [-0.2, -0.15) is 11.8 Å². The molecular formula is C7H9ClN2S. The maximum Gasteiger partial charge on any atom is 0.147 e. The normalized spacial score (nSPS) is 10.0. The highest BCUT2D eigenvalue weighted by Crippen LogP contribution is 2.09. The van der Waals surface area contributed by atoms with Crippen molar-refractivity contribution in [3.63, 3.8) is 0 Å². The van der Waals surface area contributed by atoms with E-state index in [9.17, 15) is 0 Å². The van der Waals surface area contributed by atoms with Gasteiger partial charge < -0.3 is 0 Å². The molecule has 4 heteroatoms. The van der Waals surface area contributed by atoms with Crippen LogP contribution in [-0.4, -0.2) is 15.7 Å². The summed E-state index contributed by atoms with van der Waals surface area (Å²) in [6, 6.07) is 0. The summed E-state index contributed by atoms with van der Waals surface area (Å²) in [5.74, 6) is 2.02. The van der Waals surface area contributed by atoms with Crippen molar-refractivity contribution < 1.29 is 0 Å². The maximum atomic E-state index is 5.57. The fourth-order valence-electron chi connectivity index (χ4n) is 0.620. The quantitative estimate of drug-likeness (QED) is 0.729. The Bertz CT molecular complexity index is 212.